The number of H-pyrrole nitrogens is 1. The lowest BCUT2D eigenvalue weighted by molar-refractivity contribution is 0.300. The molecule has 0 saturated carbocycles. The molecular formula is C12H15NO2. The van der Waals surface area contributed by atoms with Gasteiger partial charge in [-0.15, -0.1) is 0 Å². The zero-order valence-corrected chi connectivity index (χ0v) is 9.00. The third-order valence-electron chi connectivity index (χ3n) is 2.66. The van der Waals surface area contributed by atoms with Crippen LogP contribution in [0.5, 0.6) is 5.75 Å². The number of rotatable bonds is 3. The predicted octanol–water partition coefficient (Wildman–Crippen LogP) is 2.02. The fourth-order valence-electron chi connectivity index (χ4n) is 1.88. The Hall–Kier alpha value is -1.48. The molecule has 80 valence electrons. The third kappa shape index (κ3) is 1.70. The second kappa shape index (κ2) is 3.95. The number of aryl methyl sites for hydroxylation is 1. The Bertz CT molecular complexity index is 474. The number of aliphatic hydroxyl groups is 1. The molecule has 2 rings (SSSR count). The largest absolute Gasteiger partial charge is 0.497 e. The summed E-state index contributed by atoms with van der Waals surface area (Å²) in [6.07, 6.45) is 2.62. The van der Waals surface area contributed by atoms with Gasteiger partial charge in [-0.1, -0.05) is 0 Å². The van der Waals surface area contributed by atoms with E-state index in [2.05, 4.69) is 4.98 Å². The SMILES string of the molecule is COc1cc(C)c2[nH]cc(CCO)c2c1. The molecule has 0 aliphatic heterocycles. The van der Waals surface area contributed by atoms with Gasteiger partial charge < -0.3 is 14.8 Å². The van der Waals surface area contributed by atoms with E-state index in [1.165, 1.54) is 0 Å². The molecule has 1 heterocycles. The summed E-state index contributed by atoms with van der Waals surface area (Å²) < 4.78 is 5.23. The molecule has 3 heteroatoms. The van der Waals surface area contributed by atoms with Crippen LogP contribution in [0.1, 0.15) is 11.1 Å². The van der Waals surface area contributed by atoms with Crippen molar-refractivity contribution in [3.8, 4) is 5.75 Å². The zero-order chi connectivity index (χ0) is 10.8. The summed E-state index contributed by atoms with van der Waals surface area (Å²) in [5.74, 6) is 0.860. The average molecular weight is 205 g/mol. The molecule has 0 saturated heterocycles. The number of fused-ring (bicyclic) bond motifs is 1. The molecule has 0 aliphatic rings. The average Bonchev–Trinajstić information content (AvgIpc) is 2.63. The van der Waals surface area contributed by atoms with Gasteiger partial charge >= 0.3 is 0 Å². The summed E-state index contributed by atoms with van der Waals surface area (Å²) in [6.45, 7) is 2.22. The molecule has 0 bridgehead atoms. The Morgan fingerprint density at radius 3 is 2.87 bits per heavy atom. The number of aliphatic hydroxyl groups excluding tert-OH is 1. The van der Waals surface area contributed by atoms with Gasteiger partial charge in [-0.25, -0.2) is 0 Å². The van der Waals surface area contributed by atoms with Crippen LogP contribution in [0.15, 0.2) is 18.3 Å². The molecule has 0 unspecified atom stereocenters. The Kier molecular flexibility index (Phi) is 2.64. The normalized spacial score (nSPS) is 10.9. The van der Waals surface area contributed by atoms with Gasteiger partial charge in [0, 0.05) is 23.7 Å². The predicted molar refractivity (Wildman–Crippen MR) is 60.4 cm³/mol. The van der Waals surface area contributed by atoms with Gasteiger partial charge in [0.05, 0.1) is 7.11 Å². The highest BCUT2D eigenvalue weighted by molar-refractivity contribution is 5.87. The van der Waals surface area contributed by atoms with Crippen molar-refractivity contribution in [2.24, 2.45) is 0 Å². The van der Waals surface area contributed by atoms with E-state index in [0.29, 0.717) is 6.42 Å². The quantitative estimate of drug-likeness (QED) is 0.805. The van der Waals surface area contributed by atoms with Gasteiger partial charge in [0.15, 0.2) is 0 Å². The van der Waals surface area contributed by atoms with Gasteiger partial charge in [0.25, 0.3) is 0 Å². The minimum absolute atomic E-state index is 0.170. The summed E-state index contributed by atoms with van der Waals surface area (Å²) in [4.78, 5) is 3.23. The standard InChI is InChI=1S/C12H15NO2/c1-8-5-10(15-2)6-11-9(3-4-14)7-13-12(8)11/h5-7,13-14H,3-4H2,1-2H3. The van der Waals surface area contributed by atoms with E-state index in [0.717, 1.165) is 27.8 Å². The number of methoxy groups -OCH3 is 1. The molecule has 0 radical (unpaired) electrons. The van der Waals surface area contributed by atoms with E-state index in [-0.39, 0.29) is 6.61 Å². The van der Waals surface area contributed by atoms with Gasteiger partial charge in [0.2, 0.25) is 0 Å². The van der Waals surface area contributed by atoms with Crippen LogP contribution in [0.3, 0.4) is 0 Å². The first-order chi connectivity index (χ1) is 7.26. The number of aromatic nitrogens is 1. The first-order valence-electron chi connectivity index (χ1n) is 5.01. The number of aromatic amines is 1. The third-order valence-corrected chi connectivity index (χ3v) is 2.66. The molecule has 0 spiro atoms. The van der Waals surface area contributed by atoms with Crippen molar-refractivity contribution in [1.82, 2.24) is 4.98 Å². The van der Waals surface area contributed by atoms with Crippen LogP contribution in [0, 0.1) is 6.92 Å². The topological polar surface area (TPSA) is 45.2 Å². The summed E-state index contributed by atoms with van der Waals surface area (Å²) in [5.41, 5.74) is 3.42. The van der Waals surface area contributed by atoms with E-state index in [9.17, 15) is 0 Å². The van der Waals surface area contributed by atoms with Crippen LogP contribution < -0.4 is 4.74 Å². The Morgan fingerprint density at radius 1 is 1.40 bits per heavy atom. The lowest BCUT2D eigenvalue weighted by Crippen LogP contribution is -1.89. The Morgan fingerprint density at radius 2 is 2.20 bits per heavy atom. The molecule has 0 amide bonds. The molecular weight excluding hydrogens is 190 g/mol. The van der Waals surface area contributed by atoms with Crippen molar-refractivity contribution in [2.45, 2.75) is 13.3 Å². The maximum atomic E-state index is 8.95. The van der Waals surface area contributed by atoms with Gasteiger partial charge in [0.1, 0.15) is 5.75 Å². The maximum absolute atomic E-state index is 8.95. The van der Waals surface area contributed by atoms with Crippen molar-refractivity contribution in [3.05, 3.63) is 29.5 Å². The lowest BCUT2D eigenvalue weighted by atomic mass is 10.1. The summed E-state index contributed by atoms with van der Waals surface area (Å²) in [6, 6.07) is 4.01. The highest BCUT2D eigenvalue weighted by Gasteiger charge is 2.07. The van der Waals surface area contributed by atoms with Crippen LogP contribution in [0.25, 0.3) is 10.9 Å². The minimum Gasteiger partial charge on any atom is -0.497 e. The Labute approximate surface area is 88.7 Å². The number of nitrogens with one attached hydrogen (secondary N) is 1. The molecule has 0 fully saturated rings. The smallest absolute Gasteiger partial charge is 0.119 e. The number of hydrogen-bond donors (Lipinski definition) is 2. The van der Waals surface area contributed by atoms with Crippen LogP contribution in [0.2, 0.25) is 0 Å². The molecule has 0 atom stereocenters. The molecule has 1 aromatic carbocycles. The van der Waals surface area contributed by atoms with E-state index in [1.807, 2.05) is 25.3 Å². The van der Waals surface area contributed by atoms with Crippen LogP contribution in [-0.2, 0) is 6.42 Å². The van der Waals surface area contributed by atoms with Gasteiger partial charge in [-0.2, -0.15) is 0 Å². The van der Waals surface area contributed by atoms with Crippen LogP contribution >= 0.6 is 0 Å². The number of hydrogen-bond acceptors (Lipinski definition) is 2. The van der Waals surface area contributed by atoms with Gasteiger partial charge in [-0.05, 0) is 36.6 Å². The Balaban J connectivity index is 2.61. The van der Waals surface area contributed by atoms with Crippen LogP contribution in [0.4, 0.5) is 0 Å². The highest BCUT2D eigenvalue weighted by atomic mass is 16.5. The molecule has 2 aromatic rings. The molecule has 0 aliphatic carbocycles. The fraction of sp³-hybridized carbons (Fsp3) is 0.333. The first kappa shape index (κ1) is 10.1. The maximum Gasteiger partial charge on any atom is 0.119 e. The molecule has 3 nitrogen and oxygen atoms in total. The van der Waals surface area contributed by atoms with Crippen molar-refractivity contribution in [3.63, 3.8) is 0 Å². The van der Waals surface area contributed by atoms with E-state index in [4.69, 9.17) is 9.84 Å². The molecule has 15 heavy (non-hydrogen) atoms. The first-order valence-corrected chi connectivity index (χ1v) is 5.01. The van der Waals surface area contributed by atoms with Crippen molar-refractivity contribution < 1.29 is 9.84 Å². The molecule has 2 N–H and O–H groups in total. The van der Waals surface area contributed by atoms with E-state index in [1.54, 1.807) is 7.11 Å². The zero-order valence-electron chi connectivity index (χ0n) is 9.00. The van der Waals surface area contributed by atoms with Gasteiger partial charge in [-0.3, -0.25) is 0 Å². The monoisotopic (exact) mass is 205 g/mol. The number of benzene rings is 1. The second-order valence-corrected chi connectivity index (χ2v) is 3.65. The highest BCUT2D eigenvalue weighted by Crippen LogP contribution is 2.27. The summed E-state index contributed by atoms with van der Waals surface area (Å²) >= 11 is 0. The summed E-state index contributed by atoms with van der Waals surface area (Å²) in [5, 5.41) is 10.1. The molecule has 1 aromatic heterocycles. The summed E-state index contributed by atoms with van der Waals surface area (Å²) in [7, 11) is 1.67. The van der Waals surface area contributed by atoms with Crippen LogP contribution in [-0.4, -0.2) is 23.8 Å². The second-order valence-electron chi connectivity index (χ2n) is 3.65. The van der Waals surface area contributed by atoms with Crippen molar-refractivity contribution >= 4 is 10.9 Å². The minimum atomic E-state index is 0.170. The lowest BCUT2D eigenvalue weighted by Gasteiger charge is -2.04. The number of ether oxygens (including phenoxy) is 1. The fourth-order valence-corrected chi connectivity index (χ4v) is 1.88. The van der Waals surface area contributed by atoms with Crippen molar-refractivity contribution in [2.75, 3.05) is 13.7 Å². The van der Waals surface area contributed by atoms with E-state index < -0.39 is 0 Å². The van der Waals surface area contributed by atoms with Crippen molar-refractivity contribution in [1.29, 1.82) is 0 Å². The van der Waals surface area contributed by atoms with E-state index >= 15 is 0 Å².